The van der Waals surface area contributed by atoms with Crippen molar-refractivity contribution >= 4 is 112 Å². The molecule has 6 heterocycles. The fourth-order valence-corrected chi connectivity index (χ4v) is 14.0. The summed E-state index contributed by atoms with van der Waals surface area (Å²) in [5.74, 6) is -5.06. The van der Waals surface area contributed by atoms with Gasteiger partial charge < -0.3 is 9.80 Å². The lowest BCUT2D eigenvalue weighted by Crippen LogP contribution is -2.58. The van der Waals surface area contributed by atoms with Crippen molar-refractivity contribution in [3.05, 3.63) is 105 Å². The molecule has 14 rings (SSSR count). The molecule has 0 atom stereocenters. The Morgan fingerprint density at radius 3 is 1.24 bits per heavy atom. The summed E-state index contributed by atoms with van der Waals surface area (Å²) in [6, 6.07) is 16.9. The van der Waals surface area contributed by atoms with Gasteiger partial charge in [-0.2, -0.15) is 10.0 Å². The Balaban J connectivity index is 0.921. The first-order chi connectivity index (χ1) is 36.1. The van der Waals surface area contributed by atoms with Crippen LogP contribution in [-0.4, -0.2) is 106 Å². The number of amides is 8. The van der Waals surface area contributed by atoms with Crippen LogP contribution in [0.1, 0.15) is 186 Å². The van der Waals surface area contributed by atoms with E-state index in [1.807, 2.05) is 24.3 Å². The molecule has 14 nitrogen and oxygen atoms in total. The molecule has 372 valence electrons. The minimum Gasteiger partial charge on any atom is -0.371 e. The van der Waals surface area contributed by atoms with Gasteiger partial charge in [-0.25, -0.2) is 0 Å². The smallest absolute Gasteiger partial charge is 0.281 e. The highest BCUT2D eigenvalue weighted by atomic mass is 16.2. The summed E-state index contributed by atoms with van der Waals surface area (Å²) >= 11 is 0. The number of fused-ring (bicyclic) bond motifs is 2. The van der Waals surface area contributed by atoms with Gasteiger partial charge in [-0.1, -0.05) is 70.4 Å². The van der Waals surface area contributed by atoms with Gasteiger partial charge in [0, 0.05) is 110 Å². The third-order valence-electron chi connectivity index (χ3n) is 17.5. The molecule has 74 heavy (non-hydrogen) atoms. The van der Waals surface area contributed by atoms with Crippen molar-refractivity contribution in [2.24, 2.45) is 0 Å². The van der Waals surface area contributed by atoms with E-state index < -0.39 is 35.4 Å². The molecule has 8 amide bonds. The van der Waals surface area contributed by atoms with E-state index in [1.54, 1.807) is 12.1 Å². The average Bonchev–Trinajstić information content (AvgIpc) is 4.30. The van der Waals surface area contributed by atoms with Crippen molar-refractivity contribution in [3.8, 4) is 0 Å². The number of hydrogen-bond donors (Lipinski definition) is 0. The third kappa shape index (κ3) is 6.04. The van der Waals surface area contributed by atoms with Gasteiger partial charge in [0.25, 0.3) is 47.3 Å². The van der Waals surface area contributed by atoms with Gasteiger partial charge in [0.15, 0.2) is 0 Å². The highest BCUT2D eigenvalue weighted by Gasteiger charge is 2.49. The van der Waals surface area contributed by atoms with E-state index in [1.165, 1.54) is 34.1 Å². The molecule has 0 aromatic heterocycles. The number of carbonyl (C=O) groups is 8. The molecule has 7 aromatic carbocycles. The maximum absolute atomic E-state index is 15.5. The van der Waals surface area contributed by atoms with Crippen molar-refractivity contribution in [1.29, 1.82) is 0 Å². The standard InChI is InChI=1S/C60H54N6O8/c1-2-3-4-5-6-10-29-63-53(67)35-21-23-38-46-39(24-22-36(45(35)46)54(63)68)58(72)65(57(38)71)66-59(73)40-20-18-34-49-43(61-25-11-12-26-61)30-41-47-37(55(69)64(56(41)70)32-15-8-7-9-16-32)19-17-33(51(47)49)50-44(62-27-13-14-28-62)31-42(60(66)74)48(40)52(34)50/h17-24,30-32H,2-16,25-29H2,1H3. The number of benzene rings is 7. The van der Waals surface area contributed by atoms with Crippen molar-refractivity contribution in [3.63, 3.8) is 0 Å². The van der Waals surface area contributed by atoms with Crippen molar-refractivity contribution < 1.29 is 38.4 Å². The van der Waals surface area contributed by atoms with Crippen molar-refractivity contribution in [2.45, 2.75) is 109 Å². The Kier molecular flexibility index (Phi) is 10.1. The van der Waals surface area contributed by atoms with E-state index >= 15 is 9.59 Å². The van der Waals surface area contributed by atoms with Crippen LogP contribution in [-0.2, 0) is 0 Å². The van der Waals surface area contributed by atoms with E-state index in [4.69, 9.17) is 0 Å². The fraction of sp³-hybridized carbons (Fsp3) is 0.367. The molecule has 1 aliphatic carbocycles. The molecule has 0 spiro atoms. The van der Waals surface area contributed by atoms with Crippen LogP contribution in [0.5, 0.6) is 0 Å². The van der Waals surface area contributed by atoms with Crippen LogP contribution in [0, 0.1) is 0 Å². The maximum Gasteiger partial charge on any atom is 0.281 e. The van der Waals surface area contributed by atoms with Crippen molar-refractivity contribution in [2.75, 3.05) is 42.5 Å². The molecule has 7 aliphatic rings. The van der Waals surface area contributed by atoms with Crippen LogP contribution in [0.2, 0.25) is 0 Å². The maximum atomic E-state index is 15.5. The quantitative estimate of drug-likeness (QED) is 0.0529. The molecular formula is C60H54N6O8. The number of anilines is 2. The topological polar surface area (TPSA) is 156 Å². The molecule has 2 saturated heterocycles. The number of imide groups is 4. The third-order valence-corrected chi connectivity index (χ3v) is 17.5. The van der Waals surface area contributed by atoms with E-state index in [0.717, 1.165) is 141 Å². The first kappa shape index (κ1) is 44.9. The van der Waals surface area contributed by atoms with Crippen LogP contribution in [0.25, 0.3) is 53.9 Å². The lowest BCUT2D eigenvalue weighted by Gasteiger charge is -2.38. The SMILES string of the molecule is CCCCCCCCN1C(=O)c2ccc3c4c(ccc(c24)C1=O)C(=O)N(N1C(=O)c2ccc4c5c(N6CCCC6)cc6c7c(ccc(c8c(N9CCCC9)cc(c2c48)C1=O)c75)C(=O)N(C1CCCCC1)C6=O)C3=O. The fourth-order valence-electron chi connectivity index (χ4n) is 14.0. The van der Waals surface area contributed by atoms with Crippen LogP contribution in [0.4, 0.5) is 11.4 Å². The summed E-state index contributed by atoms with van der Waals surface area (Å²) in [6.45, 7) is 5.33. The molecule has 0 radical (unpaired) electrons. The Labute approximate surface area is 426 Å². The zero-order valence-electron chi connectivity index (χ0n) is 41.4. The number of nitrogens with zero attached hydrogens (tertiary/aromatic N) is 6. The largest absolute Gasteiger partial charge is 0.371 e. The van der Waals surface area contributed by atoms with E-state index in [2.05, 4.69) is 16.7 Å². The molecule has 0 N–H and O–H groups in total. The van der Waals surface area contributed by atoms with Crippen LogP contribution in [0.3, 0.4) is 0 Å². The number of carbonyl (C=O) groups excluding carboxylic acids is 8. The zero-order valence-corrected chi connectivity index (χ0v) is 41.4. The van der Waals surface area contributed by atoms with Crippen LogP contribution in [0.15, 0.2) is 60.7 Å². The number of unbranched alkanes of at least 4 members (excludes halogenated alkanes) is 5. The van der Waals surface area contributed by atoms with Gasteiger partial charge in [-0.15, -0.1) is 0 Å². The van der Waals surface area contributed by atoms with Crippen LogP contribution < -0.4 is 9.80 Å². The minimum atomic E-state index is -0.925. The van der Waals surface area contributed by atoms with Gasteiger partial charge in [0.1, 0.15) is 0 Å². The molecule has 3 fully saturated rings. The summed E-state index contributed by atoms with van der Waals surface area (Å²) < 4.78 is 0. The Morgan fingerprint density at radius 2 is 0.757 bits per heavy atom. The minimum absolute atomic E-state index is 0.00978. The highest BCUT2D eigenvalue weighted by Crippen LogP contribution is 2.53. The van der Waals surface area contributed by atoms with Crippen LogP contribution >= 0.6 is 0 Å². The zero-order chi connectivity index (χ0) is 50.4. The Morgan fingerprint density at radius 1 is 0.378 bits per heavy atom. The van der Waals surface area contributed by atoms with Gasteiger partial charge in [0.2, 0.25) is 0 Å². The predicted octanol–water partition coefficient (Wildman–Crippen LogP) is 10.8. The second-order valence-corrected chi connectivity index (χ2v) is 21.6. The predicted molar refractivity (Wildman–Crippen MR) is 282 cm³/mol. The second kappa shape index (κ2) is 16.6. The summed E-state index contributed by atoms with van der Waals surface area (Å²) in [7, 11) is 0. The number of rotatable bonds is 11. The molecular weight excluding hydrogens is 933 g/mol. The molecule has 0 bridgehead atoms. The monoisotopic (exact) mass is 986 g/mol. The van der Waals surface area contributed by atoms with E-state index in [0.29, 0.717) is 56.8 Å². The summed E-state index contributed by atoms with van der Waals surface area (Å²) in [4.78, 5) is 126. The Hall–Kier alpha value is -7.74. The molecule has 6 aliphatic heterocycles. The Bertz CT molecular complexity index is 3700. The second-order valence-electron chi connectivity index (χ2n) is 21.6. The van der Waals surface area contributed by atoms with Gasteiger partial charge >= 0.3 is 0 Å². The molecule has 1 saturated carbocycles. The molecule has 7 aromatic rings. The van der Waals surface area contributed by atoms with Crippen molar-refractivity contribution in [1.82, 2.24) is 19.8 Å². The highest BCUT2D eigenvalue weighted by molar-refractivity contribution is 6.45. The lowest BCUT2D eigenvalue weighted by atomic mass is 9.80. The summed E-state index contributed by atoms with van der Waals surface area (Å²) in [5.41, 5.74) is 3.33. The molecule has 0 unspecified atom stereocenters. The first-order valence-corrected chi connectivity index (χ1v) is 27.0. The molecule has 14 heteroatoms. The lowest BCUT2D eigenvalue weighted by molar-refractivity contribution is 0.00212. The van der Waals surface area contributed by atoms with Gasteiger partial charge in [-0.3, -0.25) is 48.2 Å². The normalized spacial score (nSPS) is 19.1. The number of hydrogen-bond acceptors (Lipinski definition) is 10. The van der Waals surface area contributed by atoms with Gasteiger partial charge in [0.05, 0.1) is 27.8 Å². The average molecular weight is 987 g/mol. The van der Waals surface area contributed by atoms with Gasteiger partial charge in [-0.05, 0) is 104 Å². The number of hydrazine groups is 1. The summed E-state index contributed by atoms with van der Waals surface area (Å²) in [5, 5.41) is 7.47. The van der Waals surface area contributed by atoms with E-state index in [9.17, 15) is 28.8 Å². The first-order valence-electron chi connectivity index (χ1n) is 27.0. The van der Waals surface area contributed by atoms with E-state index in [-0.39, 0.29) is 68.6 Å². The summed E-state index contributed by atoms with van der Waals surface area (Å²) in [6.07, 6.45) is 14.2.